The number of sulfonamides is 1. The molecule has 0 atom stereocenters. The lowest BCUT2D eigenvalue weighted by molar-refractivity contribution is 0.0944. The quantitative estimate of drug-likeness (QED) is 0.784. The number of nitrogens with one attached hydrogen (secondary N) is 2. The topological polar surface area (TPSA) is 120 Å². The van der Waals surface area contributed by atoms with Gasteiger partial charge >= 0.3 is 0 Å². The number of fused-ring (bicyclic) bond motifs is 1. The van der Waals surface area contributed by atoms with E-state index in [1.165, 1.54) is 26.0 Å². The smallest absolute Gasteiger partial charge is 0.266 e. The van der Waals surface area contributed by atoms with E-state index >= 15 is 0 Å². The van der Waals surface area contributed by atoms with Gasteiger partial charge in [-0.1, -0.05) is 5.16 Å². The molecule has 1 aromatic heterocycles. The molecule has 23 heavy (non-hydrogen) atoms. The van der Waals surface area contributed by atoms with Crippen molar-refractivity contribution in [1.82, 2.24) is 15.4 Å². The number of carbonyl (C=O) groups is 1. The third kappa shape index (κ3) is 2.85. The van der Waals surface area contributed by atoms with Gasteiger partial charge in [-0.15, -0.1) is 4.83 Å². The molecule has 0 saturated heterocycles. The van der Waals surface area contributed by atoms with E-state index in [1.54, 1.807) is 6.07 Å². The first-order valence-electron chi connectivity index (χ1n) is 6.53. The highest BCUT2D eigenvalue weighted by Crippen LogP contribution is 2.32. The predicted octanol–water partition coefficient (Wildman–Crippen LogP) is 0.643. The van der Waals surface area contributed by atoms with Crippen LogP contribution in [0.3, 0.4) is 0 Å². The molecule has 0 fully saturated rings. The third-order valence-corrected chi connectivity index (χ3v) is 4.66. The molecule has 2 N–H and O–H groups in total. The highest BCUT2D eigenvalue weighted by atomic mass is 32.2. The van der Waals surface area contributed by atoms with Gasteiger partial charge < -0.3 is 14.0 Å². The van der Waals surface area contributed by atoms with Crippen LogP contribution in [0.5, 0.6) is 11.5 Å². The Morgan fingerprint density at radius 1 is 1.22 bits per heavy atom. The fourth-order valence-electron chi connectivity index (χ4n) is 2.13. The molecular weight excluding hydrogens is 326 g/mol. The maximum Gasteiger partial charge on any atom is 0.266 e. The lowest BCUT2D eigenvalue weighted by atomic mass is 10.2. The van der Waals surface area contributed by atoms with E-state index < -0.39 is 15.9 Å². The van der Waals surface area contributed by atoms with Crippen LogP contribution in [0, 0.1) is 13.8 Å². The van der Waals surface area contributed by atoms with E-state index in [0.717, 1.165) is 0 Å². The maximum absolute atomic E-state index is 12.2. The third-order valence-electron chi connectivity index (χ3n) is 3.17. The van der Waals surface area contributed by atoms with E-state index in [-0.39, 0.29) is 28.7 Å². The number of hydrogen-bond donors (Lipinski definition) is 2. The monoisotopic (exact) mass is 339 g/mol. The Labute approximate surface area is 131 Å². The molecule has 0 aliphatic carbocycles. The van der Waals surface area contributed by atoms with Crippen LogP contribution >= 0.6 is 0 Å². The minimum Gasteiger partial charge on any atom is -0.454 e. The molecule has 1 aliphatic rings. The molecule has 0 unspecified atom stereocenters. The van der Waals surface area contributed by atoms with Gasteiger partial charge in [-0.05, 0) is 32.0 Å². The van der Waals surface area contributed by atoms with Gasteiger partial charge in [0.25, 0.3) is 15.9 Å². The fraction of sp³-hybridized carbons (Fsp3) is 0.231. The Morgan fingerprint density at radius 2 is 1.96 bits per heavy atom. The number of hydrogen-bond acceptors (Lipinski definition) is 7. The molecule has 9 nitrogen and oxygen atoms in total. The summed E-state index contributed by atoms with van der Waals surface area (Å²) < 4.78 is 39.5. The molecule has 0 spiro atoms. The first-order chi connectivity index (χ1) is 10.9. The van der Waals surface area contributed by atoms with Gasteiger partial charge in [0.1, 0.15) is 10.6 Å². The molecule has 2 heterocycles. The van der Waals surface area contributed by atoms with Gasteiger partial charge in [0.05, 0.1) is 0 Å². The summed E-state index contributed by atoms with van der Waals surface area (Å²) in [7, 11) is -3.99. The minimum atomic E-state index is -3.99. The molecule has 1 amide bonds. The molecule has 3 rings (SSSR count). The Balaban J connectivity index is 1.74. The molecule has 1 aromatic carbocycles. The fourth-order valence-corrected chi connectivity index (χ4v) is 3.30. The summed E-state index contributed by atoms with van der Waals surface area (Å²) in [5.41, 5.74) is 2.55. The van der Waals surface area contributed by atoms with E-state index in [4.69, 9.17) is 14.0 Å². The van der Waals surface area contributed by atoms with Crippen molar-refractivity contribution in [2.45, 2.75) is 18.7 Å². The van der Waals surface area contributed by atoms with Gasteiger partial charge in [0, 0.05) is 5.56 Å². The van der Waals surface area contributed by atoms with Crippen molar-refractivity contribution in [3.8, 4) is 11.5 Å². The molecule has 122 valence electrons. The molecule has 0 radical (unpaired) electrons. The van der Waals surface area contributed by atoms with Gasteiger partial charge in [-0.25, -0.2) is 8.42 Å². The Bertz CT molecular complexity index is 854. The highest BCUT2D eigenvalue weighted by Gasteiger charge is 2.25. The minimum absolute atomic E-state index is 0.0824. The average Bonchev–Trinajstić information content (AvgIpc) is 3.10. The van der Waals surface area contributed by atoms with Crippen molar-refractivity contribution < 1.29 is 27.2 Å². The second-order valence-electron chi connectivity index (χ2n) is 4.78. The van der Waals surface area contributed by atoms with Crippen molar-refractivity contribution in [2.75, 3.05) is 6.79 Å². The van der Waals surface area contributed by atoms with Crippen LogP contribution in [0.15, 0.2) is 27.6 Å². The lowest BCUT2D eigenvalue weighted by Gasteiger charge is -2.08. The number of aromatic nitrogens is 1. The Kier molecular flexibility index (Phi) is 3.70. The summed E-state index contributed by atoms with van der Waals surface area (Å²) in [6.07, 6.45) is 0. The van der Waals surface area contributed by atoms with E-state index in [2.05, 4.69) is 10.6 Å². The van der Waals surface area contributed by atoms with Crippen molar-refractivity contribution in [2.24, 2.45) is 0 Å². The average molecular weight is 339 g/mol. The lowest BCUT2D eigenvalue weighted by Crippen LogP contribution is -2.41. The number of hydrazine groups is 1. The van der Waals surface area contributed by atoms with Gasteiger partial charge in [0.15, 0.2) is 17.3 Å². The second-order valence-corrected chi connectivity index (χ2v) is 6.40. The molecule has 0 saturated carbocycles. The molecule has 2 aromatic rings. The summed E-state index contributed by atoms with van der Waals surface area (Å²) in [6, 6.07) is 4.52. The number of carbonyl (C=O) groups excluding carboxylic acids is 1. The van der Waals surface area contributed by atoms with Crippen molar-refractivity contribution in [1.29, 1.82) is 0 Å². The van der Waals surface area contributed by atoms with Crippen molar-refractivity contribution in [3.05, 3.63) is 35.2 Å². The van der Waals surface area contributed by atoms with Crippen molar-refractivity contribution >= 4 is 15.9 Å². The summed E-state index contributed by atoms with van der Waals surface area (Å²) in [4.78, 5) is 14.0. The van der Waals surface area contributed by atoms with Gasteiger partial charge in [0.2, 0.25) is 6.79 Å². The Hall–Kier alpha value is -2.59. The highest BCUT2D eigenvalue weighted by molar-refractivity contribution is 7.89. The number of nitrogens with zero attached hydrogens (tertiary/aromatic N) is 1. The Morgan fingerprint density at radius 3 is 2.65 bits per heavy atom. The standard InChI is InChI=1S/C13H13N3O6S/c1-7-12(8(2)22-15-7)23(18,19)16-14-13(17)9-3-4-10-11(5-9)21-6-20-10/h3-5,16H,6H2,1-2H3,(H,14,17). The zero-order valence-corrected chi connectivity index (χ0v) is 13.1. The van der Waals surface area contributed by atoms with E-state index in [9.17, 15) is 13.2 Å². The summed E-state index contributed by atoms with van der Waals surface area (Å²) in [5.74, 6) is 0.440. The largest absolute Gasteiger partial charge is 0.454 e. The van der Waals surface area contributed by atoms with Crippen LogP contribution < -0.4 is 19.7 Å². The molecule has 1 aliphatic heterocycles. The normalized spacial score (nSPS) is 13.1. The van der Waals surface area contributed by atoms with Crippen LogP contribution in [0.4, 0.5) is 0 Å². The van der Waals surface area contributed by atoms with Crippen LogP contribution in [0.1, 0.15) is 21.8 Å². The number of benzene rings is 1. The van der Waals surface area contributed by atoms with E-state index in [1.807, 2.05) is 4.83 Å². The van der Waals surface area contributed by atoms with Gasteiger partial charge in [-0.3, -0.25) is 10.2 Å². The first-order valence-corrected chi connectivity index (χ1v) is 8.01. The SMILES string of the molecule is Cc1noc(C)c1S(=O)(=O)NNC(=O)c1ccc2c(c1)OCO2. The first kappa shape index (κ1) is 15.3. The number of amides is 1. The van der Waals surface area contributed by atoms with Gasteiger partial charge in [-0.2, -0.15) is 0 Å². The summed E-state index contributed by atoms with van der Waals surface area (Å²) in [5, 5.41) is 3.57. The van der Waals surface area contributed by atoms with Crippen LogP contribution in [0.25, 0.3) is 0 Å². The predicted molar refractivity (Wildman–Crippen MR) is 76.3 cm³/mol. The summed E-state index contributed by atoms with van der Waals surface area (Å²) >= 11 is 0. The molecule has 10 heteroatoms. The van der Waals surface area contributed by atoms with Crippen LogP contribution in [0.2, 0.25) is 0 Å². The number of ether oxygens (including phenoxy) is 2. The van der Waals surface area contributed by atoms with E-state index in [0.29, 0.717) is 11.5 Å². The number of aryl methyl sites for hydroxylation is 2. The second kappa shape index (κ2) is 5.56. The van der Waals surface area contributed by atoms with Crippen LogP contribution in [-0.2, 0) is 10.0 Å². The van der Waals surface area contributed by atoms with Crippen molar-refractivity contribution in [3.63, 3.8) is 0 Å². The zero-order chi connectivity index (χ0) is 16.6. The summed E-state index contributed by atoms with van der Waals surface area (Å²) in [6.45, 7) is 3.04. The number of rotatable bonds is 4. The molecule has 0 bridgehead atoms. The van der Waals surface area contributed by atoms with Crippen LogP contribution in [-0.4, -0.2) is 26.3 Å². The maximum atomic E-state index is 12.2. The zero-order valence-electron chi connectivity index (χ0n) is 12.2. The molecular formula is C13H13N3O6S.